The Morgan fingerprint density at radius 3 is 2.19 bits per heavy atom. The van der Waals surface area contributed by atoms with Crippen LogP contribution in [0.1, 0.15) is 25.7 Å². The summed E-state index contributed by atoms with van der Waals surface area (Å²) < 4.78 is 5.59. The van der Waals surface area contributed by atoms with Gasteiger partial charge < -0.3 is 19.6 Å². The first kappa shape index (κ1) is 14.7. The van der Waals surface area contributed by atoms with Crippen molar-refractivity contribution in [2.75, 3.05) is 32.8 Å². The first-order valence-electron chi connectivity index (χ1n) is 7.29. The lowest BCUT2D eigenvalue weighted by Gasteiger charge is -2.47. The highest BCUT2D eigenvalue weighted by Gasteiger charge is 2.40. The van der Waals surface area contributed by atoms with Crippen LogP contribution in [0.2, 0.25) is 0 Å². The van der Waals surface area contributed by atoms with Crippen LogP contribution in [0.25, 0.3) is 0 Å². The molecular formula is C14H19BrN2O4. The molecule has 0 bridgehead atoms. The van der Waals surface area contributed by atoms with Crippen molar-refractivity contribution in [3.63, 3.8) is 0 Å². The smallest absolute Gasteiger partial charge is 0.407 e. The molecule has 2 fully saturated rings. The van der Waals surface area contributed by atoms with Gasteiger partial charge >= 0.3 is 12.1 Å². The van der Waals surface area contributed by atoms with Gasteiger partial charge in [-0.05, 0) is 47.0 Å². The number of ether oxygens (including phenoxy) is 1. The van der Waals surface area contributed by atoms with Crippen LogP contribution in [0.15, 0.2) is 10.2 Å². The number of hydrogen-bond acceptors (Lipinski definition) is 4. The molecule has 0 unspecified atom stereocenters. The number of hydrogen-bond donors (Lipinski definition) is 1. The Labute approximate surface area is 131 Å². The summed E-state index contributed by atoms with van der Waals surface area (Å²) in [6.07, 6.45) is 3.19. The summed E-state index contributed by atoms with van der Waals surface area (Å²) in [6.45, 7) is 3.47. The lowest BCUT2D eigenvalue weighted by molar-refractivity contribution is -0.135. The van der Waals surface area contributed by atoms with Crippen LogP contribution in [0.5, 0.6) is 0 Å². The summed E-state index contributed by atoms with van der Waals surface area (Å²) in [6, 6.07) is 0. The molecular weight excluding hydrogens is 340 g/mol. The van der Waals surface area contributed by atoms with E-state index in [9.17, 15) is 9.59 Å². The molecule has 3 heterocycles. The van der Waals surface area contributed by atoms with Crippen LogP contribution >= 0.6 is 15.9 Å². The van der Waals surface area contributed by atoms with Gasteiger partial charge in [0.2, 0.25) is 0 Å². The molecule has 0 radical (unpaired) electrons. The average molecular weight is 359 g/mol. The number of cyclic esters (lactones) is 1. The number of halogens is 1. The minimum atomic E-state index is -0.807. The lowest BCUT2D eigenvalue weighted by Crippen LogP contribution is -2.47. The van der Waals surface area contributed by atoms with Gasteiger partial charge in [-0.15, -0.1) is 0 Å². The van der Waals surface area contributed by atoms with Crippen molar-refractivity contribution >= 4 is 28.0 Å². The van der Waals surface area contributed by atoms with Gasteiger partial charge in [-0.3, -0.25) is 0 Å². The van der Waals surface area contributed by atoms with E-state index >= 15 is 0 Å². The molecule has 0 aliphatic carbocycles. The van der Waals surface area contributed by atoms with E-state index in [1.54, 1.807) is 0 Å². The minimum absolute atomic E-state index is 0.277. The van der Waals surface area contributed by atoms with Crippen molar-refractivity contribution in [1.82, 2.24) is 9.80 Å². The van der Waals surface area contributed by atoms with Crippen LogP contribution in [0, 0.1) is 5.41 Å². The molecule has 21 heavy (non-hydrogen) atoms. The largest absolute Gasteiger partial charge is 0.465 e. The van der Waals surface area contributed by atoms with Crippen molar-refractivity contribution in [2.24, 2.45) is 5.41 Å². The molecule has 1 spiro atoms. The van der Waals surface area contributed by atoms with Crippen molar-refractivity contribution in [3.05, 3.63) is 10.2 Å². The Bertz CT molecular complexity index is 487. The Kier molecular flexibility index (Phi) is 3.86. The number of carbonyl (C=O) groups is 2. The number of carbonyl (C=O) groups excluding carboxylic acids is 1. The summed E-state index contributed by atoms with van der Waals surface area (Å²) in [4.78, 5) is 26.1. The van der Waals surface area contributed by atoms with E-state index < -0.39 is 6.09 Å². The summed E-state index contributed by atoms with van der Waals surface area (Å²) >= 11 is 3.31. The van der Waals surface area contributed by atoms with Gasteiger partial charge in [-0.1, -0.05) is 0 Å². The van der Waals surface area contributed by atoms with Gasteiger partial charge in [0.05, 0.1) is 5.70 Å². The monoisotopic (exact) mass is 358 g/mol. The van der Waals surface area contributed by atoms with Gasteiger partial charge in [-0.25, -0.2) is 9.59 Å². The van der Waals surface area contributed by atoms with Crippen LogP contribution in [-0.4, -0.2) is 59.8 Å². The summed E-state index contributed by atoms with van der Waals surface area (Å²) in [7, 11) is 0. The van der Waals surface area contributed by atoms with Crippen molar-refractivity contribution in [1.29, 1.82) is 0 Å². The third-order valence-corrected chi connectivity index (χ3v) is 5.85. The lowest BCUT2D eigenvalue weighted by atomic mass is 9.71. The Morgan fingerprint density at radius 1 is 1.14 bits per heavy atom. The first-order chi connectivity index (χ1) is 10.0. The molecule has 3 rings (SSSR count). The zero-order valence-corrected chi connectivity index (χ0v) is 13.4. The first-order valence-corrected chi connectivity index (χ1v) is 8.09. The standard InChI is InChI=1S/C14H19BrN2O4/c15-11-10(9-21-12(11)18)16-5-1-14(2-6-16)3-7-17(8-4-14)13(19)20/h1-9H2,(H,19,20). The van der Waals surface area contributed by atoms with Gasteiger partial charge in [-0.2, -0.15) is 0 Å². The molecule has 3 aliphatic heterocycles. The Hall–Kier alpha value is -1.24. The highest BCUT2D eigenvalue weighted by Crippen LogP contribution is 2.42. The van der Waals surface area contributed by atoms with Crippen LogP contribution in [0.3, 0.4) is 0 Å². The van der Waals surface area contributed by atoms with E-state index in [0.29, 0.717) is 24.2 Å². The minimum Gasteiger partial charge on any atom is -0.465 e. The second-order valence-corrected chi connectivity index (χ2v) is 6.89. The number of carboxylic acid groups (broad SMARTS) is 1. The third kappa shape index (κ3) is 2.75. The van der Waals surface area contributed by atoms with Crippen LogP contribution in [-0.2, 0) is 9.53 Å². The van der Waals surface area contributed by atoms with Crippen molar-refractivity contribution in [2.45, 2.75) is 25.7 Å². The molecule has 1 amide bonds. The number of amides is 1. The molecule has 2 saturated heterocycles. The number of piperidine rings is 2. The quantitative estimate of drug-likeness (QED) is 0.726. The third-order valence-electron chi connectivity index (χ3n) is 5.07. The van der Waals surface area contributed by atoms with E-state index in [4.69, 9.17) is 9.84 Å². The van der Waals surface area contributed by atoms with E-state index in [0.717, 1.165) is 44.5 Å². The fourth-order valence-corrected chi connectivity index (χ4v) is 4.01. The van der Waals surface area contributed by atoms with Crippen molar-refractivity contribution < 1.29 is 19.4 Å². The predicted octanol–water partition coefficient (Wildman–Crippen LogP) is 2.01. The fraction of sp³-hybridized carbons (Fsp3) is 0.714. The highest BCUT2D eigenvalue weighted by atomic mass is 79.9. The van der Waals surface area contributed by atoms with Crippen LogP contribution < -0.4 is 0 Å². The van der Waals surface area contributed by atoms with Gasteiger partial charge in [0.15, 0.2) is 0 Å². The van der Waals surface area contributed by atoms with E-state index in [1.807, 2.05) is 0 Å². The number of rotatable bonds is 1. The van der Waals surface area contributed by atoms with Crippen molar-refractivity contribution in [3.8, 4) is 0 Å². The summed E-state index contributed by atoms with van der Waals surface area (Å²) in [5.41, 5.74) is 1.23. The highest BCUT2D eigenvalue weighted by molar-refractivity contribution is 9.12. The topological polar surface area (TPSA) is 70.1 Å². The molecule has 116 valence electrons. The van der Waals surface area contributed by atoms with E-state index in [-0.39, 0.29) is 11.4 Å². The van der Waals surface area contributed by atoms with Crippen LogP contribution in [0.4, 0.5) is 4.79 Å². The predicted molar refractivity (Wildman–Crippen MR) is 79.0 cm³/mol. The second kappa shape index (κ2) is 5.51. The second-order valence-electron chi connectivity index (χ2n) is 6.09. The van der Waals surface area contributed by atoms with Gasteiger partial charge in [0.25, 0.3) is 0 Å². The normalized spacial score (nSPS) is 25.5. The number of esters is 1. The molecule has 6 nitrogen and oxygen atoms in total. The molecule has 7 heteroatoms. The van der Waals surface area contributed by atoms with Gasteiger partial charge in [0.1, 0.15) is 11.1 Å². The molecule has 0 aromatic heterocycles. The maximum Gasteiger partial charge on any atom is 0.407 e. The Balaban J connectivity index is 1.59. The summed E-state index contributed by atoms with van der Waals surface area (Å²) in [5, 5.41) is 9.03. The molecule has 1 N–H and O–H groups in total. The SMILES string of the molecule is O=C1OCC(N2CCC3(CCN(C(=O)O)CC3)CC2)=C1Br. The number of likely N-dealkylation sites (tertiary alicyclic amines) is 2. The molecule has 0 atom stereocenters. The van der Waals surface area contributed by atoms with Gasteiger partial charge in [0, 0.05) is 26.2 Å². The zero-order chi connectivity index (χ0) is 15.0. The average Bonchev–Trinajstić information content (AvgIpc) is 2.81. The zero-order valence-electron chi connectivity index (χ0n) is 11.8. The maximum atomic E-state index is 11.4. The molecule has 0 aromatic rings. The number of nitrogens with zero attached hydrogens (tertiary/aromatic N) is 2. The van der Waals surface area contributed by atoms with E-state index in [2.05, 4.69) is 20.8 Å². The van der Waals surface area contributed by atoms with E-state index in [1.165, 1.54) is 4.90 Å². The molecule has 0 aromatic carbocycles. The fourth-order valence-electron chi connectivity index (χ4n) is 3.53. The molecule has 3 aliphatic rings. The molecule has 0 saturated carbocycles. The summed E-state index contributed by atoms with van der Waals surface area (Å²) in [5.74, 6) is -0.278. The maximum absolute atomic E-state index is 11.4. The Morgan fingerprint density at radius 2 is 1.71 bits per heavy atom.